The minimum Gasteiger partial charge on any atom is -0.490 e. The Labute approximate surface area is 293 Å². The number of unbranched alkanes of at least 4 members (excludes halogenated alkanes) is 4. The molecule has 4 aliphatic rings. The third-order valence-electron chi connectivity index (χ3n) is 12.6. The van der Waals surface area contributed by atoms with Gasteiger partial charge in [0.15, 0.2) is 0 Å². The smallest absolute Gasteiger partial charge is 0.127 e. The highest BCUT2D eigenvalue weighted by atomic mass is 16.5. The summed E-state index contributed by atoms with van der Waals surface area (Å²) in [7, 11) is 0. The van der Waals surface area contributed by atoms with E-state index in [1.165, 1.54) is 99.3 Å². The molecule has 0 radical (unpaired) electrons. The van der Waals surface area contributed by atoms with E-state index in [4.69, 9.17) is 18.9 Å². The fourth-order valence-corrected chi connectivity index (χ4v) is 9.98. The van der Waals surface area contributed by atoms with Gasteiger partial charge in [-0.1, -0.05) is 66.2 Å². The van der Waals surface area contributed by atoms with Crippen LogP contribution in [0.3, 0.4) is 0 Å². The summed E-state index contributed by atoms with van der Waals surface area (Å²) in [6.07, 6.45) is 16.9. The Morgan fingerprint density at radius 3 is 1.42 bits per heavy atom. The standard InChI is InChI=1S/C44H66O4/c1-9-11-13-15-31-25-37(41-33-23-29(3)17-19-35(33)43(5,6)47-39(41)27-31)45-21-22-46-38-26-32(16-14-12-10-2)28-40-42(38)34-24-30(4)18-20-36(34)44(7,8)48-40/h25-30,33-36H,9-24H2,1-8H3/t29-,30+,33-,34-,35-,36-/m1/s1. The summed E-state index contributed by atoms with van der Waals surface area (Å²) in [5.74, 6) is 7.62. The highest BCUT2D eigenvalue weighted by molar-refractivity contribution is 5.54. The minimum absolute atomic E-state index is 0.160. The second-order valence-electron chi connectivity index (χ2n) is 17.3. The predicted molar refractivity (Wildman–Crippen MR) is 198 cm³/mol. The van der Waals surface area contributed by atoms with Gasteiger partial charge in [-0.3, -0.25) is 0 Å². The molecule has 0 N–H and O–H groups in total. The quantitative estimate of drug-likeness (QED) is 0.201. The molecular weight excluding hydrogens is 592 g/mol. The molecule has 2 aliphatic heterocycles. The van der Waals surface area contributed by atoms with Crippen molar-refractivity contribution in [1.29, 1.82) is 0 Å². The second kappa shape index (κ2) is 14.9. The van der Waals surface area contributed by atoms with E-state index < -0.39 is 0 Å². The van der Waals surface area contributed by atoms with Gasteiger partial charge in [-0.25, -0.2) is 0 Å². The van der Waals surface area contributed by atoms with Crippen molar-refractivity contribution in [2.24, 2.45) is 23.7 Å². The summed E-state index contributed by atoms with van der Waals surface area (Å²) in [4.78, 5) is 0. The van der Waals surface area contributed by atoms with Gasteiger partial charge in [0.25, 0.3) is 0 Å². The van der Waals surface area contributed by atoms with E-state index in [-0.39, 0.29) is 11.2 Å². The average molecular weight is 659 g/mol. The number of fused-ring (bicyclic) bond motifs is 6. The van der Waals surface area contributed by atoms with Gasteiger partial charge < -0.3 is 18.9 Å². The number of rotatable bonds is 13. The van der Waals surface area contributed by atoms with Gasteiger partial charge in [0, 0.05) is 23.0 Å². The summed E-state index contributed by atoms with van der Waals surface area (Å²) in [6, 6.07) is 9.36. The molecular formula is C44H66O4. The number of hydrogen-bond acceptors (Lipinski definition) is 4. The van der Waals surface area contributed by atoms with E-state index >= 15 is 0 Å². The third kappa shape index (κ3) is 7.53. The fourth-order valence-electron chi connectivity index (χ4n) is 9.98. The molecule has 2 aromatic carbocycles. The van der Waals surface area contributed by atoms with Gasteiger partial charge in [-0.15, -0.1) is 0 Å². The lowest BCUT2D eigenvalue weighted by molar-refractivity contribution is -0.0157. The molecule has 0 saturated heterocycles. The lowest BCUT2D eigenvalue weighted by atomic mass is 9.64. The van der Waals surface area contributed by atoms with Crippen LogP contribution < -0.4 is 18.9 Å². The summed E-state index contributed by atoms with van der Waals surface area (Å²) in [5, 5.41) is 0. The van der Waals surface area contributed by atoms with Gasteiger partial charge in [0.05, 0.1) is 0 Å². The molecule has 48 heavy (non-hydrogen) atoms. The zero-order valence-electron chi connectivity index (χ0n) is 31.7. The largest absolute Gasteiger partial charge is 0.490 e. The van der Waals surface area contributed by atoms with Gasteiger partial charge in [0.2, 0.25) is 0 Å². The van der Waals surface area contributed by atoms with Crippen LogP contribution in [0.15, 0.2) is 24.3 Å². The Morgan fingerprint density at radius 2 is 1.02 bits per heavy atom. The highest BCUT2D eigenvalue weighted by Crippen LogP contribution is 2.57. The van der Waals surface area contributed by atoms with Crippen LogP contribution in [0.25, 0.3) is 0 Å². The zero-order valence-corrected chi connectivity index (χ0v) is 31.7. The summed E-state index contributed by atoms with van der Waals surface area (Å²) < 4.78 is 27.3. The van der Waals surface area contributed by atoms with Gasteiger partial charge in [0.1, 0.15) is 47.4 Å². The van der Waals surface area contributed by atoms with Crippen LogP contribution in [0.5, 0.6) is 23.0 Å². The van der Waals surface area contributed by atoms with Crippen LogP contribution >= 0.6 is 0 Å². The number of hydrogen-bond donors (Lipinski definition) is 0. The molecule has 266 valence electrons. The molecule has 2 heterocycles. The molecule has 0 unspecified atom stereocenters. The topological polar surface area (TPSA) is 36.9 Å². The normalized spacial score (nSPS) is 28.2. The first-order valence-corrected chi connectivity index (χ1v) is 20.0. The van der Waals surface area contributed by atoms with Gasteiger partial charge in [-0.05, 0) is 138 Å². The van der Waals surface area contributed by atoms with Crippen molar-refractivity contribution < 1.29 is 18.9 Å². The van der Waals surface area contributed by atoms with Crippen molar-refractivity contribution in [3.05, 3.63) is 46.5 Å². The first-order valence-electron chi connectivity index (χ1n) is 20.0. The summed E-state index contributed by atoms with van der Waals surface area (Å²) in [6.45, 7) is 19.7. The Kier molecular flexibility index (Phi) is 11.0. The van der Waals surface area contributed by atoms with Crippen molar-refractivity contribution in [1.82, 2.24) is 0 Å². The minimum atomic E-state index is -0.160. The van der Waals surface area contributed by atoms with E-state index in [0.717, 1.165) is 47.7 Å². The molecule has 0 aromatic heterocycles. The number of ether oxygens (including phenoxy) is 4. The second-order valence-corrected chi connectivity index (χ2v) is 17.3. The molecule has 6 rings (SSSR count). The fraction of sp³-hybridized carbons (Fsp3) is 0.727. The van der Waals surface area contributed by atoms with Crippen molar-refractivity contribution in [2.45, 2.75) is 168 Å². The molecule has 0 spiro atoms. The number of benzene rings is 2. The number of aryl methyl sites for hydroxylation is 2. The van der Waals surface area contributed by atoms with Crippen molar-refractivity contribution in [2.75, 3.05) is 13.2 Å². The van der Waals surface area contributed by atoms with E-state index in [0.29, 0.717) is 36.9 Å². The molecule has 2 fully saturated rings. The molecule has 4 nitrogen and oxygen atoms in total. The Bertz CT molecular complexity index is 1290. The molecule has 2 aromatic rings. The Morgan fingerprint density at radius 1 is 0.604 bits per heavy atom. The van der Waals surface area contributed by atoms with Crippen LogP contribution in [0.4, 0.5) is 0 Å². The maximum atomic E-state index is 6.85. The van der Waals surface area contributed by atoms with Crippen molar-refractivity contribution in [3.63, 3.8) is 0 Å². The summed E-state index contributed by atoms with van der Waals surface area (Å²) >= 11 is 0. The lowest BCUT2D eigenvalue weighted by Crippen LogP contribution is -2.47. The van der Waals surface area contributed by atoms with Crippen LogP contribution in [-0.4, -0.2) is 24.4 Å². The molecule has 2 saturated carbocycles. The van der Waals surface area contributed by atoms with Gasteiger partial charge in [-0.2, -0.15) is 0 Å². The zero-order chi connectivity index (χ0) is 34.1. The first kappa shape index (κ1) is 35.5. The molecule has 4 heteroatoms. The van der Waals surface area contributed by atoms with Crippen LogP contribution in [0.1, 0.15) is 167 Å². The molecule has 2 aliphatic carbocycles. The molecule has 6 atom stereocenters. The van der Waals surface area contributed by atoms with Crippen LogP contribution in [-0.2, 0) is 12.8 Å². The van der Waals surface area contributed by atoms with E-state index in [1.807, 2.05) is 0 Å². The monoisotopic (exact) mass is 658 g/mol. The van der Waals surface area contributed by atoms with E-state index in [9.17, 15) is 0 Å². The Balaban J connectivity index is 1.26. The molecule has 0 amide bonds. The molecule has 0 bridgehead atoms. The predicted octanol–water partition coefficient (Wildman–Crippen LogP) is 12.0. The van der Waals surface area contributed by atoms with E-state index in [2.05, 4.69) is 79.7 Å². The maximum Gasteiger partial charge on any atom is 0.127 e. The average Bonchev–Trinajstić information content (AvgIpc) is 3.02. The van der Waals surface area contributed by atoms with Crippen molar-refractivity contribution >= 4 is 0 Å². The Hall–Kier alpha value is -2.36. The SMILES string of the molecule is CCCCCc1cc(OCCOc2cc(CCCCC)cc3c2[C@@H]2C[C@@H](C)CC[C@H]2C(C)(C)O3)c2c(c1)OC(C)(C)[C@@H]1CC[C@@H](C)C[C@@H]21. The van der Waals surface area contributed by atoms with E-state index in [1.54, 1.807) is 0 Å². The maximum absolute atomic E-state index is 6.85. The highest BCUT2D eigenvalue weighted by Gasteiger charge is 2.48. The third-order valence-corrected chi connectivity index (χ3v) is 12.6. The van der Waals surface area contributed by atoms with Crippen LogP contribution in [0.2, 0.25) is 0 Å². The van der Waals surface area contributed by atoms with Gasteiger partial charge >= 0.3 is 0 Å². The van der Waals surface area contributed by atoms with Crippen LogP contribution in [0, 0.1) is 23.7 Å². The van der Waals surface area contributed by atoms with Crippen molar-refractivity contribution in [3.8, 4) is 23.0 Å². The summed E-state index contributed by atoms with van der Waals surface area (Å²) in [5.41, 5.74) is 4.98. The first-order chi connectivity index (χ1) is 23.0. The lowest BCUT2D eigenvalue weighted by Gasteiger charge is -2.49.